The molecule has 6 nitrogen and oxygen atoms in total. The fourth-order valence-corrected chi connectivity index (χ4v) is 1.56. The Bertz CT molecular complexity index is 529. The lowest BCUT2D eigenvalue weighted by molar-refractivity contribution is -0.274. The van der Waals surface area contributed by atoms with E-state index >= 15 is 0 Å². The van der Waals surface area contributed by atoms with Crippen LogP contribution in [0.25, 0.3) is 0 Å². The molecule has 122 valence electrons. The summed E-state index contributed by atoms with van der Waals surface area (Å²) in [5, 5.41) is 13.5. The minimum absolute atomic E-state index is 0.194. The van der Waals surface area contributed by atoms with Crippen LogP contribution in [0.5, 0.6) is 5.75 Å². The lowest BCUT2D eigenvalue weighted by Crippen LogP contribution is -2.46. The van der Waals surface area contributed by atoms with Gasteiger partial charge in [-0.15, -0.1) is 13.2 Å². The molecule has 0 aliphatic rings. The molecule has 22 heavy (non-hydrogen) atoms. The topological polar surface area (TPSA) is 87.7 Å². The van der Waals surface area contributed by atoms with Crippen LogP contribution >= 0.6 is 0 Å². The molecule has 2 amide bonds. The molecule has 0 aliphatic carbocycles. The zero-order valence-electron chi connectivity index (χ0n) is 11.8. The molecule has 0 heterocycles. The van der Waals surface area contributed by atoms with Crippen molar-refractivity contribution in [1.82, 2.24) is 5.32 Å². The third-order valence-corrected chi connectivity index (χ3v) is 2.57. The molecular weight excluding hydrogens is 305 g/mol. The van der Waals surface area contributed by atoms with Gasteiger partial charge in [0.2, 0.25) is 0 Å². The molecule has 0 aromatic heterocycles. The summed E-state index contributed by atoms with van der Waals surface area (Å²) < 4.78 is 39.7. The fourth-order valence-electron chi connectivity index (χ4n) is 1.56. The monoisotopic (exact) mass is 320 g/mol. The van der Waals surface area contributed by atoms with E-state index in [1.54, 1.807) is 13.8 Å². The Morgan fingerprint density at radius 2 is 1.73 bits per heavy atom. The molecule has 0 saturated heterocycles. The van der Waals surface area contributed by atoms with Crippen LogP contribution < -0.4 is 15.4 Å². The van der Waals surface area contributed by atoms with Gasteiger partial charge in [-0.3, -0.25) is 0 Å². The number of ether oxygens (including phenoxy) is 1. The number of hydrogen-bond donors (Lipinski definition) is 3. The van der Waals surface area contributed by atoms with E-state index in [0.717, 1.165) is 12.1 Å². The predicted molar refractivity (Wildman–Crippen MR) is 71.5 cm³/mol. The van der Waals surface area contributed by atoms with E-state index in [0.29, 0.717) is 0 Å². The highest BCUT2D eigenvalue weighted by Crippen LogP contribution is 2.23. The van der Waals surface area contributed by atoms with Crippen LogP contribution in [-0.4, -0.2) is 29.5 Å². The van der Waals surface area contributed by atoms with Crippen molar-refractivity contribution < 1.29 is 32.6 Å². The number of urea groups is 1. The number of rotatable bonds is 5. The maximum atomic E-state index is 12.0. The number of carbonyl (C=O) groups excluding carboxylic acids is 1. The summed E-state index contributed by atoms with van der Waals surface area (Å²) in [7, 11) is 0. The van der Waals surface area contributed by atoms with Crippen molar-refractivity contribution in [2.75, 3.05) is 5.32 Å². The highest BCUT2D eigenvalue weighted by atomic mass is 19.4. The van der Waals surface area contributed by atoms with Gasteiger partial charge in [-0.1, -0.05) is 13.8 Å². The zero-order chi connectivity index (χ0) is 16.9. The Morgan fingerprint density at radius 1 is 1.18 bits per heavy atom. The number of hydrogen-bond acceptors (Lipinski definition) is 3. The van der Waals surface area contributed by atoms with Crippen molar-refractivity contribution in [2.24, 2.45) is 5.92 Å². The molecule has 1 aromatic rings. The number of carboxylic acid groups (broad SMARTS) is 1. The zero-order valence-corrected chi connectivity index (χ0v) is 11.8. The summed E-state index contributed by atoms with van der Waals surface area (Å²) in [4.78, 5) is 22.6. The summed E-state index contributed by atoms with van der Waals surface area (Å²) in [6.45, 7) is 3.25. The number of aliphatic carboxylic acids is 1. The van der Waals surface area contributed by atoms with E-state index in [-0.39, 0.29) is 11.6 Å². The molecule has 0 bridgehead atoms. The highest BCUT2D eigenvalue weighted by Gasteiger charge is 2.31. The molecule has 0 saturated carbocycles. The Kier molecular flexibility index (Phi) is 5.61. The molecule has 1 aromatic carbocycles. The number of nitrogens with one attached hydrogen (secondary N) is 2. The van der Waals surface area contributed by atoms with E-state index in [1.807, 2.05) is 0 Å². The van der Waals surface area contributed by atoms with Crippen LogP contribution in [0.4, 0.5) is 23.7 Å². The third-order valence-electron chi connectivity index (χ3n) is 2.57. The number of benzene rings is 1. The molecule has 9 heteroatoms. The van der Waals surface area contributed by atoms with Crippen LogP contribution in [0.2, 0.25) is 0 Å². The fraction of sp³-hybridized carbons (Fsp3) is 0.385. The van der Waals surface area contributed by atoms with E-state index in [9.17, 15) is 22.8 Å². The number of alkyl halides is 3. The van der Waals surface area contributed by atoms with Crippen molar-refractivity contribution in [2.45, 2.75) is 26.3 Å². The van der Waals surface area contributed by atoms with Gasteiger partial charge in [0.25, 0.3) is 0 Å². The SMILES string of the molecule is CC(C)C(NC(=O)Nc1ccc(OC(F)(F)F)cc1)C(=O)O. The summed E-state index contributed by atoms with van der Waals surface area (Å²) in [6.07, 6.45) is -4.79. The van der Waals surface area contributed by atoms with Gasteiger partial charge < -0.3 is 20.5 Å². The van der Waals surface area contributed by atoms with Crippen LogP contribution in [0.15, 0.2) is 24.3 Å². The van der Waals surface area contributed by atoms with Gasteiger partial charge in [-0.25, -0.2) is 9.59 Å². The van der Waals surface area contributed by atoms with Gasteiger partial charge in [0.05, 0.1) is 0 Å². The first-order chi connectivity index (χ1) is 10.1. The number of carbonyl (C=O) groups is 2. The molecule has 1 unspecified atom stereocenters. The third kappa shape index (κ3) is 5.90. The Labute approximate surface area is 124 Å². The maximum Gasteiger partial charge on any atom is 0.573 e. The van der Waals surface area contributed by atoms with E-state index in [1.165, 1.54) is 12.1 Å². The molecule has 1 atom stereocenters. The summed E-state index contributed by atoms with van der Waals surface area (Å²) >= 11 is 0. The quantitative estimate of drug-likeness (QED) is 0.778. The largest absolute Gasteiger partial charge is 0.573 e. The minimum atomic E-state index is -4.79. The second-order valence-corrected chi connectivity index (χ2v) is 4.73. The molecule has 0 radical (unpaired) electrons. The van der Waals surface area contributed by atoms with Crippen molar-refractivity contribution in [1.29, 1.82) is 0 Å². The van der Waals surface area contributed by atoms with E-state index in [2.05, 4.69) is 15.4 Å². The smallest absolute Gasteiger partial charge is 0.480 e. The average Bonchev–Trinajstić information content (AvgIpc) is 2.36. The highest BCUT2D eigenvalue weighted by molar-refractivity contribution is 5.92. The average molecular weight is 320 g/mol. The van der Waals surface area contributed by atoms with Crippen LogP contribution in [0.1, 0.15) is 13.8 Å². The number of carboxylic acids is 1. The van der Waals surface area contributed by atoms with Gasteiger partial charge in [0.15, 0.2) is 0 Å². The van der Waals surface area contributed by atoms with E-state index in [4.69, 9.17) is 5.11 Å². The van der Waals surface area contributed by atoms with Crippen LogP contribution in [0, 0.1) is 5.92 Å². The Balaban J connectivity index is 2.63. The van der Waals surface area contributed by atoms with Gasteiger partial charge >= 0.3 is 18.4 Å². The summed E-state index contributed by atoms with van der Waals surface area (Å²) in [5.41, 5.74) is 0.194. The first-order valence-corrected chi connectivity index (χ1v) is 6.24. The lowest BCUT2D eigenvalue weighted by atomic mass is 10.1. The van der Waals surface area contributed by atoms with Crippen molar-refractivity contribution >= 4 is 17.7 Å². The first kappa shape index (κ1) is 17.6. The van der Waals surface area contributed by atoms with Crippen molar-refractivity contribution in [3.05, 3.63) is 24.3 Å². The van der Waals surface area contributed by atoms with E-state index < -0.39 is 30.2 Å². The number of anilines is 1. The Hall–Kier alpha value is -2.45. The van der Waals surface area contributed by atoms with Gasteiger partial charge in [-0.05, 0) is 30.2 Å². The molecule has 0 aliphatic heterocycles. The van der Waals surface area contributed by atoms with Crippen LogP contribution in [0.3, 0.4) is 0 Å². The second kappa shape index (κ2) is 7.01. The molecule has 3 N–H and O–H groups in total. The van der Waals surface area contributed by atoms with Gasteiger partial charge in [0, 0.05) is 5.69 Å². The lowest BCUT2D eigenvalue weighted by Gasteiger charge is -2.18. The molecule has 0 fully saturated rings. The molecule has 0 spiro atoms. The molecular formula is C13H15F3N2O4. The number of amides is 2. The normalized spacial score (nSPS) is 12.6. The summed E-state index contributed by atoms with van der Waals surface area (Å²) in [6, 6.07) is 2.61. The maximum absolute atomic E-state index is 12.0. The van der Waals surface area contributed by atoms with Gasteiger partial charge in [0.1, 0.15) is 11.8 Å². The van der Waals surface area contributed by atoms with Crippen molar-refractivity contribution in [3.63, 3.8) is 0 Å². The summed E-state index contributed by atoms with van der Waals surface area (Å²) in [5.74, 6) is -1.94. The Morgan fingerprint density at radius 3 is 2.14 bits per heavy atom. The first-order valence-electron chi connectivity index (χ1n) is 6.24. The van der Waals surface area contributed by atoms with Gasteiger partial charge in [-0.2, -0.15) is 0 Å². The minimum Gasteiger partial charge on any atom is -0.480 e. The van der Waals surface area contributed by atoms with Crippen molar-refractivity contribution in [3.8, 4) is 5.75 Å². The standard InChI is InChI=1S/C13H15F3N2O4/c1-7(2)10(11(19)20)18-12(21)17-8-3-5-9(6-4-8)22-13(14,15)16/h3-7,10H,1-2H3,(H,19,20)(H2,17,18,21). The number of halogens is 3. The second-order valence-electron chi connectivity index (χ2n) is 4.73. The predicted octanol–water partition coefficient (Wildman–Crippen LogP) is 2.82. The van der Waals surface area contributed by atoms with Crippen LogP contribution in [-0.2, 0) is 4.79 Å². The molecule has 1 rings (SSSR count).